The van der Waals surface area contributed by atoms with Gasteiger partial charge in [-0.2, -0.15) is 0 Å². The van der Waals surface area contributed by atoms with Crippen LogP contribution in [-0.2, 0) is 4.84 Å². The highest BCUT2D eigenvalue weighted by Crippen LogP contribution is 2.41. The lowest BCUT2D eigenvalue weighted by atomic mass is 9.90. The molecule has 1 aromatic heterocycles. The van der Waals surface area contributed by atoms with Gasteiger partial charge in [-0.15, -0.1) is 0 Å². The molecule has 2 heterocycles. The smallest absolute Gasteiger partial charge is 0.171 e. The molecule has 0 spiro atoms. The summed E-state index contributed by atoms with van der Waals surface area (Å²) in [5.41, 5.74) is 0.592. The Hall–Kier alpha value is -2.46. The summed E-state index contributed by atoms with van der Waals surface area (Å²) in [5, 5.41) is 27.1. The number of nitrogens with one attached hydrogen (secondary N) is 1. The van der Waals surface area contributed by atoms with Gasteiger partial charge in [0.2, 0.25) is 0 Å². The van der Waals surface area contributed by atoms with E-state index >= 15 is 0 Å². The summed E-state index contributed by atoms with van der Waals surface area (Å²) in [7, 11) is 1.58. The van der Waals surface area contributed by atoms with Crippen LogP contribution in [-0.4, -0.2) is 71.9 Å². The van der Waals surface area contributed by atoms with E-state index in [4.69, 9.17) is 21.2 Å². The second kappa shape index (κ2) is 11.1. The van der Waals surface area contributed by atoms with Crippen LogP contribution in [0.4, 0.5) is 5.82 Å². The van der Waals surface area contributed by atoms with Gasteiger partial charge in [0, 0.05) is 23.2 Å². The zero-order valence-corrected chi connectivity index (χ0v) is 19.4. The Bertz CT molecular complexity index is 1020. The van der Waals surface area contributed by atoms with Crippen LogP contribution >= 0.6 is 11.6 Å². The van der Waals surface area contributed by atoms with Crippen molar-refractivity contribution in [2.75, 3.05) is 38.5 Å². The highest BCUT2D eigenvalue weighted by Gasteiger charge is 2.32. The van der Waals surface area contributed by atoms with E-state index in [9.17, 15) is 10.2 Å². The number of ether oxygens (including phenoxy) is 1. The van der Waals surface area contributed by atoms with E-state index in [1.807, 2.05) is 18.4 Å². The zero-order chi connectivity index (χ0) is 23.2. The Kier molecular flexibility index (Phi) is 7.97. The van der Waals surface area contributed by atoms with E-state index in [-0.39, 0.29) is 30.4 Å². The molecule has 0 amide bonds. The standard InChI is InChI=1S/C23H30ClN5O4/c1-32-29-19-6-4-16(24)10-15(19)11-25-12-17(13-30)26-8-2-3-9-33-20-7-5-18-21(22(20)31)23(29)28-14-27-18/h5,7,10-11,14-15,17,19,26,30-31H,2-4,6,8-9,12-13H2,1H3. The number of aliphatic hydroxyl groups is 1. The van der Waals surface area contributed by atoms with Crippen LogP contribution in [0.5, 0.6) is 11.5 Å². The van der Waals surface area contributed by atoms with Crippen molar-refractivity contribution in [2.45, 2.75) is 37.8 Å². The fraction of sp³-hybridized carbons (Fsp3) is 0.522. The predicted octanol–water partition coefficient (Wildman–Crippen LogP) is 2.80. The SMILES string of the molecule is CON1c2ncnc3ccc(c(O)c23)OCCCCNC(CO)CN=CC2C=C(Cl)CCC21. The number of aliphatic hydroxyl groups excluding tert-OH is 1. The Morgan fingerprint density at radius 1 is 1.30 bits per heavy atom. The highest BCUT2D eigenvalue weighted by atomic mass is 35.5. The van der Waals surface area contributed by atoms with E-state index < -0.39 is 0 Å². The van der Waals surface area contributed by atoms with Crippen LogP contribution < -0.4 is 15.1 Å². The number of rotatable bonds is 2. The third-order valence-electron chi connectivity index (χ3n) is 6.01. The van der Waals surface area contributed by atoms with Gasteiger partial charge in [-0.25, -0.2) is 15.0 Å². The number of phenols is 1. The fourth-order valence-electron chi connectivity index (χ4n) is 4.27. The van der Waals surface area contributed by atoms with Crippen molar-refractivity contribution in [1.29, 1.82) is 0 Å². The predicted molar refractivity (Wildman–Crippen MR) is 128 cm³/mol. The molecule has 10 heteroatoms. The summed E-state index contributed by atoms with van der Waals surface area (Å²) < 4.78 is 5.87. The summed E-state index contributed by atoms with van der Waals surface area (Å²) in [4.78, 5) is 19.2. The molecule has 4 rings (SSSR count). The highest BCUT2D eigenvalue weighted by molar-refractivity contribution is 6.29. The average Bonchev–Trinajstić information content (AvgIpc) is 2.82. The molecule has 0 saturated heterocycles. The summed E-state index contributed by atoms with van der Waals surface area (Å²) in [6.45, 7) is 1.64. The van der Waals surface area contributed by atoms with Gasteiger partial charge < -0.3 is 20.3 Å². The topological polar surface area (TPSA) is 112 Å². The summed E-state index contributed by atoms with van der Waals surface area (Å²) >= 11 is 6.38. The van der Waals surface area contributed by atoms with Crippen LogP contribution in [0.1, 0.15) is 25.7 Å². The van der Waals surface area contributed by atoms with E-state index in [0.717, 1.165) is 24.4 Å². The van der Waals surface area contributed by atoms with Crippen molar-refractivity contribution >= 4 is 34.5 Å². The molecular formula is C23H30ClN5O4. The van der Waals surface area contributed by atoms with E-state index in [1.54, 1.807) is 18.2 Å². The van der Waals surface area contributed by atoms with Crippen LogP contribution in [0.3, 0.4) is 0 Å². The van der Waals surface area contributed by atoms with Gasteiger partial charge in [0.05, 0.1) is 43.8 Å². The minimum Gasteiger partial charge on any atom is -0.504 e. The molecule has 2 bridgehead atoms. The van der Waals surface area contributed by atoms with E-state index in [1.165, 1.54) is 6.33 Å². The Labute approximate surface area is 198 Å². The van der Waals surface area contributed by atoms with Crippen LogP contribution in [0.2, 0.25) is 0 Å². The van der Waals surface area contributed by atoms with Crippen molar-refractivity contribution in [3.8, 4) is 11.5 Å². The number of halogens is 1. The number of aromatic nitrogens is 2. The Morgan fingerprint density at radius 3 is 3.00 bits per heavy atom. The number of benzene rings is 1. The summed E-state index contributed by atoms with van der Waals surface area (Å²) in [6.07, 6.45) is 8.35. The maximum Gasteiger partial charge on any atom is 0.171 e. The Morgan fingerprint density at radius 2 is 2.18 bits per heavy atom. The molecule has 0 fully saturated rings. The van der Waals surface area contributed by atoms with Gasteiger partial charge in [0.25, 0.3) is 0 Å². The van der Waals surface area contributed by atoms with Gasteiger partial charge in [0.1, 0.15) is 6.33 Å². The number of allylic oxidation sites excluding steroid dienone is 1. The van der Waals surface area contributed by atoms with Crippen molar-refractivity contribution < 1.29 is 19.8 Å². The first-order valence-corrected chi connectivity index (χ1v) is 11.6. The number of aromatic hydroxyl groups is 1. The number of fused-ring (bicyclic) bond motifs is 2. The molecule has 3 N–H and O–H groups in total. The van der Waals surface area contributed by atoms with Gasteiger partial charge in [-0.05, 0) is 44.4 Å². The molecule has 33 heavy (non-hydrogen) atoms. The molecule has 3 unspecified atom stereocenters. The molecule has 2 aliphatic rings. The molecule has 9 nitrogen and oxygen atoms in total. The van der Waals surface area contributed by atoms with Crippen molar-refractivity contribution in [2.24, 2.45) is 10.9 Å². The molecule has 2 aromatic rings. The molecule has 0 radical (unpaired) electrons. The lowest BCUT2D eigenvalue weighted by Crippen LogP contribution is -2.42. The molecule has 178 valence electrons. The molecular weight excluding hydrogens is 446 g/mol. The Balaban J connectivity index is 1.78. The van der Waals surface area contributed by atoms with Crippen molar-refractivity contribution in [3.63, 3.8) is 0 Å². The maximum atomic E-state index is 11.1. The third-order valence-corrected chi connectivity index (χ3v) is 6.32. The first-order valence-electron chi connectivity index (χ1n) is 11.3. The van der Waals surface area contributed by atoms with E-state index in [0.29, 0.717) is 48.5 Å². The first kappa shape index (κ1) is 23.7. The van der Waals surface area contributed by atoms with Gasteiger partial charge in [0.15, 0.2) is 17.3 Å². The van der Waals surface area contributed by atoms with Gasteiger partial charge in [-0.3, -0.25) is 9.83 Å². The number of aliphatic imine (C=N–C) groups is 1. The molecule has 1 aromatic carbocycles. The lowest BCUT2D eigenvalue weighted by molar-refractivity contribution is 0.127. The van der Waals surface area contributed by atoms with Crippen LogP contribution in [0.25, 0.3) is 10.9 Å². The number of anilines is 1. The van der Waals surface area contributed by atoms with E-state index in [2.05, 4.69) is 20.3 Å². The lowest BCUT2D eigenvalue weighted by Gasteiger charge is -2.36. The largest absolute Gasteiger partial charge is 0.504 e. The second-order valence-electron chi connectivity index (χ2n) is 8.21. The number of hydroxylamine groups is 1. The molecule has 0 saturated carbocycles. The number of nitrogens with zero attached hydrogens (tertiary/aromatic N) is 4. The fourth-order valence-corrected chi connectivity index (χ4v) is 4.53. The molecule has 1 aliphatic carbocycles. The molecule has 1 aliphatic heterocycles. The van der Waals surface area contributed by atoms with Crippen molar-refractivity contribution in [1.82, 2.24) is 15.3 Å². The van der Waals surface area contributed by atoms with Gasteiger partial charge in [-0.1, -0.05) is 17.7 Å². The number of phenolic OH excluding ortho intramolecular Hbond substituents is 1. The molecule has 3 atom stereocenters. The first-order chi connectivity index (χ1) is 16.1. The quantitative estimate of drug-likeness (QED) is 0.607. The average molecular weight is 476 g/mol. The summed E-state index contributed by atoms with van der Waals surface area (Å²) in [5.74, 6) is 0.680. The van der Waals surface area contributed by atoms with Gasteiger partial charge >= 0.3 is 0 Å². The minimum absolute atomic E-state index is 0.00134. The van der Waals surface area contributed by atoms with Crippen LogP contribution in [0, 0.1) is 5.92 Å². The second-order valence-corrected chi connectivity index (χ2v) is 8.70. The number of hydrogen-bond acceptors (Lipinski definition) is 9. The summed E-state index contributed by atoms with van der Waals surface area (Å²) in [6, 6.07) is 3.25. The third kappa shape index (κ3) is 5.38. The van der Waals surface area contributed by atoms with Crippen molar-refractivity contribution in [3.05, 3.63) is 29.6 Å². The number of hydrogen-bond donors (Lipinski definition) is 3. The minimum atomic E-state index is -0.153. The van der Waals surface area contributed by atoms with Crippen LogP contribution in [0.15, 0.2) is 34.6 Å². The monoisotopic (exact) mass is 475 g/mol. The maximum absolute atomic E-state index is 11.1. The zero-order valence-electron chi connectivity index (χ0n) is 18.7. The normalized spacial score (nSPS) is 24.8.